The summed E-state index contributed by atoms with van der Waals surface area (Å²) in [6, 6.07) is 16.2. The fourth-order valence-electron chi connectivity index (χ4n) is 3.83. The molecule has 0 saturated carbocycles. The minimum Gasteiger partial charge on any atom is -0.507 e. The van der Waals surface area contributed by atoms with Gasteiger partial charge in [0.1, 0.15) is 5.75 Å². The van der Waals surface area contributed by atoms with Gasteiger partial charge in [0.25, 0.3) is 5.91 Å². The van der Waals surface area contributed by atoms with Gasteiger partial charge in [-0.05, 0) is 53.9 Å². The summed E-state index contributed by atoms with van der Waals surface area (Å²) in [5.74, 6) is -0.355. The summed E-state index contributed by atoms with van der Waals surface area (Å²) >= 11 is 0. The number of hydrogen-bond acceptors (Lipinski definition) is 4. The molecule has 0 atom stereocenters. The number of hydrogen-bond donors (Lipinski definition) is 1. The van der Waals surface area contributed by atoms with E-state index in [2.05, 4.69) is 0 Å². The molecule has 1 aliphatic heterocycles. The summed E-state index contributed by atoms with van der Waals surface area (Å²) in [6.45, 7) is 4.63. The van der Waals surface area contributed by atoms with Gasteiger partial charge in [-0.15, -0.1) is 0 Å². The molecule has 1 fully saturated rings. The molecule has 3 aromatic rings. The number of nitrogens with zero attached hydrogens (tertiary/aromatic N) is 2. The van der Waals surface area contributed by atoms with Gasteiger partial charge in [-0.2, -0.15) is 4.31 Å². The number of rotatable bonds is 3. The zero-order chi connectivity index (χ0) is 21.5. The van der Waals surface area contributed by atoms with Crippen molar-refractivity contribution in [1.29, 1.82) is 0 Å². The van der Waals surface area contributed by atoms with Crippen molar-refractivity contribution in [2.45, 2.75) is 18.7 Å². The van der Waals surface area contributed by atoms with E-state index < -0.39 is 10.0 Å². The number of benzene rings is 3. The lowest BCUT2D eigenvalue weighted by atomic mass is 10.0. The van der Waals surface area contributed by atoms with Crippen molar-refractivity contribution in [2.24, 2.45) is 0 Å². The topological polar surface area (TPSA) is 77.9 Å². The van der Waals surface area contributed by atoms with Crippen molar-refractivity contribution < 1.29 is 18.3 Å². The molecule has 0 spiro atoms. The summed E-state index contributed by atoms with van der Waals surface area (Å²) in [5.41, 5.74) is 1.83. The predicted octanol–water partition coefficient (Wildman–Crippen LogP) is 3.31. The van der Waals surface area contributed by atoms with Crippen LogP contribution in [0.4, 0.5) is 0 Å². The first-order valence-corrected chi connectivity index (χ1v) is 11.3. The molecule has 6 nitrogen and oxygen atoms in total. The standard InChI is InChI=1S/C23H24N2O4S/c1-16-7-8-17(2)22(13-16)30(28,29)25-11-9-24(10-12-25)23(27)20-14-18-5-3-4-6-19(18)15-21(20)26/h3-8,13-15,26H,9-12H2,1-2H3. The smallest absolute Gasteiger partial charge is 0.257 e. The molecule has 30 heavy (non-hydrogen) atoms. The fourth-order valence-corrected chi connectivity index (χ4v) is 5.56. The average Bonchev–Trinajstić information content (AvgIpc) is 2.74. The maximum atomic E-state index is 13.1. The molecule has 1 aliphatic rings. The van der Waals surface area contributed by atoms with Crippen LogP contribution in [0.2, 0.25) is 0 Å². The molecule has 1 amide bonds. The van der Waals surface area contributed by atoms with Gasteiger partial charge >= 0.3 is 0 Å². The molecule has 0 aromatic heterocycles. The van der Waals surface area contributed by atoms with Gasteiger partial charge in [-0.1, -0.05) is 36.4 Å². The fraction of sp³-hybridized carbons (Fsp3) is 0.261. The van der Waals surface area contributed by atoms with Crippen LogP contribution in [0.1, 0.15) is 21.5 Å². The van der Waals surface area contributed by atoms with Crippen molar-refractivity contribution in [3.8, 4) is 5.75 Å². The van der Waals surface area contributed by atoms with Crippen LogP contribution < -0.4 is 0 Å². The molecule has 4 rings (SSSR count). The molecule has 0 unspecified atom stereocenters. The first-order chi connectivity index (χ1) is 14.3. The van der Waals surface area contributed by atoms with Crippen molar-refractivity contribution >= 4 is 26.7 Å². The van der Waals surface area contributed by atoms with E-state index in [0.717, 1.165) is 16.3 Å². The SMILES string of the molecule is Cc1ccc(C)c(S(=O)(=O)N2CCN(C(=O)c3cc4ccccc4cc3O)CC2)c1. The van der Waals surface area contributed by atoms with Gasteiger partial charge in [0.05, 0.1) is 10.5 Å². The molecule has 0 aliphatic carbocycles. The minimum atomic E-state index is -3.62. The maximum absolute atomic E-state index is 13.1. The molecule has 7 heteroatoms. The third kappa shape index (κ3) is 3.66. The van der Waals surface area contributed by atoms with E-state index in [9.17, 15) is 18.3 Å². The first kappa shape index (κ1) is 20.4. The number of aromatic hydroxyl groups is 1. The summed E-state index contributed by atoms with van der Waals surface area (Å²) < 4.78 is 27.6. The second kappa shape index (κ2) is 7.74. The molecule has 156 valence electrons. The third-order valence-corrected chi connectivity index (χ3v) is 7.62. The van der Waals surface area contributed by atoms with Crippen LogP contribution in [0.5, 0.6) is 5.75 Å². The normalized spacial score (nSPS) is 15.5. The van der Waals surface area contributed by atoms with Crippen LogP contribution in [0.3, 0.4) is 0 Å². The average molecular weight is 425 g/mol. The molecule has 0 radical (unpaired) electrons. The number of phenolic OH excluding ortho intramolecular Hbond substituents is 1. The lowest BCUT2D eigenvalue weighted by Gasteiger charge is -2.34. The molecule has 1 N–H and O–H groups in total. The van der Waals surface area contributed by atoms with Gasteiger partial charge in [-0.3, -0.25) is 4.79 Å². The molecule has 3 aromatic carbocycles. The number of fused-ring (bicyclic) bond motifs is 1. The largest absolute Gasteiger partial charge is 0.507 e. The summed E-state index contributed by atoms with van der Waals surface area (Å²) in [7, 11) is -3.62. The van der Waals surface area contributed by atoms with Gasteiger partial charge in [-0.25, -0.2) is 8.42 Å². The first-order valence-electron chi connectivity index (χ1n) is 9.86. The third-order valence-electron chi connectivity index (χ3n) is 5.58. The molecular weight excluding hydrogens is 400 g/mol. The quantitative estimate of drug-likeness (QED) is 0.700. The van der Waals surface area contributed by atoms with Crippen LogP contribution in [0.25, 0.3) is 10.8 Å². The van der Waals surface area contributed by atoms with E-state index in [0.29, 0.717) is 10.5 Å². The van der Waals surface area contributed by atoms with Gasteiger partial charge in [0.2, 0.25) is 10.0 Å². The molecule has 1 heterocycles. The number of amides is 1. The maximum Gasteiger partial charge on any atom is 0.257 e. The van der Waals surface area contributed by atoms with Crippen molar-refractivity contribution in [1.82, 2.24) is 9.21 Å². The van der Waals surface area contributed by atoms with E-state index >= 15 is 0 Å². The molecular formula is C23H24N2O4S. The highest BCUT2D eigenvalue weighted by Crippen LogP contribution is 2.27. The zero-order valence-corrected chi connectivity index (χ0v) is 17.8. The Hall–Kier alpha value is -2.90. The Kier molecular flexibility index (Phi) is 5.26. The van der Waals surface area contributed by atoms with E-state index in [1.165, 1.54) is 4.31 Å². The Morgan fingerprint density at radius 1 is 0.900 bits per heavy atom. The Balaban J connectivity index is 1.53. The minimum absolute atomic E-state index is 0.0656. The highest BCUT2D eigenvalue weighted by molar-refractivity contribution is 7.89. The monoisotopic (exact) mass is 424 g/mol. The van der Waals surface area contributed by atoms with Crippen LogP contribution in [-0.4, -0.2) is 54.8 Å². The molecule has 0 bridgehead atoms. The van der Waals surface area contributed by atoms with Crippen LogP contribution in [0, 0.1) is 13.8 Å². The van der Waals surface area contributed by atoms with E-state index in [-0.39, 0.29) is 43.4 Å². The number of sulfonamides is 1. The van der Waals surface area contributed by atoms with Crippen molar-refractivity contribution in [3.63, 3.8) is 0 Å². The van der Waals surface area contributed by atoms with Gasteiger partial charge in [0.15, 0.2) is 0 Å². The highest BCUT2D eigenvalue weighted by atomic mass is 32.2. The van der Waals surface area contributed by atoms with E-state index in [1.807, 2.05) is 43.3 Å². The Labute approximate surface area is 176 Å². The van der Waals surface area contributed by atoms with Gasteiger partial charge in [0, 0.05) is 26.2 Å². The second-order valence-electron chi connectivity index (χ2n) is 7.68. The van der Waals surface area contributed by atoms with Gasteiger partial charge < -0.3 is 10.0 Å². The Morgan fingerprint density at radius 2 is 1.53 bits per heavy atom. The van der Waals surface area contributed by atoms with Crippen LogP contribution in [0.15, 0.2) is 59.5 Å². The summed E-state index contributed by atoms with van der Waals surface area (Å²) in [5, 5.41) is 12.1. The van der Waals surface area contributed by atoms with E-state index in [4.69, 9.17) is 0 Å². The lowest BCUT2D eigenvalue weighted by molar-refractivity contribution is 0.0695. The van der Waals surface area contributed by atoms with Crippen LogP contribution >= 0.6 is 0 Å². The van der Waals surface area contributed by atoms with Crippen molar-refractivity contribution in [3.05, 3.63) is 71.3 Å². The Bertz CT molecular complexity index is 1230. The summed E-state index contributed by atoms with van der Waals surface area (Å²) in [4.78, 5) is 14.9. The zero-order valence-electron chi connectivity index (χ0n) is 17.0. The number of aryl methyl sites for hydroxylation is 2. The summed E-state index contributed by atoms with van der Waals surface area (Å²) in [6.07, 6.45) is 0. The second-order valence-corrected chi connectivity index (χ2v) is 9.59. The number of carbonyl (C=O) groups is 1. The van der Waals surface area contributed by atoms with Crippen molar-refractivity contribution in [2.75, 3.05) is 26.2 Å². The number of phenols is 1. The van der Waals surface area contributed by atoms with E-state index in [1.54, 1.807) is 30.0 Å². The number of carbonyl (C=O) groups excluding carboxylic acids is 1. The Morgan fingerprint density at radius 3 is 2.20 bits per heavy atom. The lowest BCUT2D eigenvalue weighted by Crippen LogP contribution is -2.50. The predicted molar refractivity (Wildman–Crippen MR) is 116 cm³/mol. The number of piperazine rings is 1. The van der Waals surface area contributed by atoms with Crippen LogP contribution in [-0.2, 0) is 10.0 Å². The highest BCUT2D eigenvalue weighted by Gasteiger charge is 2.32. The molecule has 1 saturated heterocycles.